The molecule has 5 heteroatoms. The summed E-state index contributed by atoms with van der Waals surface area (Å²) in [5.74, 6) is 0.0601. The molecule has 1 aromatic heterocycles. The van der Waals surface area contributed by atoms with Crippen LogP contribution in [0, 0.1) is 23.0 Å². The van der Waals surface area contributed by atoms with Crippen LogP contribution in [-0.2, 0) is 6.54 Å². The maximum absolute atomic E-state index is 11.9. The maximum atomic E-state index is 11.9. The number of nitro groups is 1. The van der Waals surface area contributed by atoms with Crippen molar-refractivity contribution < 1.29 is 9.72 Å². The minimum Gasteiger partial charge on any atom is -0.349 e. The number of ketones is 1. The minimum atomic E-state index is -0.373. The Kier molecular flexibility index (Phi) is 4.21. The third-order valence-electron chi connectivity index (χ3n) is 3.53. The highest BCUT2D eigenvalue weighted by molar-refractivity contribution is 5.97. The number of benzene rings is 1. The summed E-state index contributed by atoms with van der Waals surface area (Å²) in [7, 11) is 0. The number of hydrogen-bond donors (Lipinski definition) is 0. The fraction of sp³-hybridized carbons (Fsp3) is 0.312. The molecule has 5 nitrogen and oxygen atoms in total. The second kappa shape index (κ2) is 5.91. The Bertz CT molecular complexity index is 687. The lowest BCUT2D eigenvalue weighted by atomic mass is 10.0. The van der Waals surface area contributed by atoms with E-state index in [2.05, 4.69) is 0 Å². The zero-order valence-corrected chi connectivity index (χ0v) is 12.4. The maximum Gasteiger partial charge on any atom is 0.272 e. The van der Waals surface area contributed by atoms with Crippen molar-refractivity contribution >= 4 is 11.5 Å². The number of Topliss-reactive ketones (excluding diaryl/α,β-unsaturated/α-hetero) is 1. The molecule has 0 amide bonds. The lowest BCUT2D eigenvalue weighted by molar-refractivity contribution is -0.385. The van der Waals surface area contributed by atoms with Crippen molar-refractivity contribution in [3.05, 3.63) is 63.5 Å². The van der Waals surface area contributed by atoms with Crippen LogP contribution >= 0.6 is 0 Å². The molecule has 0 bridgehead atoms. The predicted molar refractivity (Wildman–Crippen MR) is 80.5 cm³/mol. The fourth-order valence-corrected chi connectivity index (χ4v) is 2.25. The lowest BCUT2D eigenvalue weighted by Crippen LogP contribution is -2.06. The van der Waals surface area contributed by atoms with Gasteiger partial charge >= 0.3 is 0 Å². The van der Waals surface area contributed by atoms with Crippen molar-refractivity contribution in [1.29, 1.82) is 0 Å². The van der Waals surface area contributed by atoms with E-state index in [1.807, 2.05) is 30.7 Å². The first-order chi connectivity index (χ1) is 9.90. The number of nitrogens with zero attached hydrogens (tertiary/aromatic N) is 2. The monoisotopic (exact) mass is 286 g/mol. The summed E-state index contributed by atoms with van der Waals surface area (Å²) < 4.78 is 1.88. The molecule has 0 aliphatic heterocycles. The lowest BCUT2D eigenvalue weighted by Gasteiger charge is -2.07. The highest BCUT2D eigenvalue weighted by atomic mass is 16.6. The van der Waals surface area contributed by atoms with E-state index in [4.69, 9.17) is 0 Å². The molecule has 0 N–H and O–H groups in total. The number of nitro benzene ring substituents is 1. The zero-order chi connectivity index (χ0) is 15.6. The van der Waals surface area contributed by atoms with Crippen LogP contribution in [0.4, 0.5) is 5.69 Å². The van der Waals surface area contributed by atoms with Crippen LogP contribution in [0.15, 0.2) is 36.7 Å². The summed E-state index contributed by atoms with van der Waals surface area (Å²) in [5, 5.41) is 10.9. The molecule has 0 aliphatic carbocycles. The molecular weight excluding hydrogens is 268 g/mol. The highest BCUT2D eigenvalue weighted by Crippen LogP contribution is 2.22. The van der Waals surface area contributed by atoms with Gasteiger partial charge in [-0.3, -0.25) is 14.9 Å². The van der Waals surface area contributed by atoms with Crippen LogP contribution in [0.3, 0.4) is 0 Å². The van der Waals surface area contributed by atoms with Gasteiger partial charge in [0, 0.05) is 42.0 Å². The van der Waals surface area contributed by atoms with E-state index in [1.54, 1.807) is 25.3 Å². The van der Waals surface area contributed by atoms with Gasteiger partial charge in [-0.15, -0.1) is 0 Å². The standard InChI is InChI=1S/C16H18N2O3/c1-11(2)16(19)14-7-8-17(10-14)9-13-5-4-6-15(12(13)3)18(20)21/h4-8,10-11H,9H2,1-3H3. The summed E-state index contributed by atoms with van der Waals surface area (Å²) in [6.45, 7) is 5.99. The van der Waals surface area contributed by atoms with E-state index in [0.29, 0.717) is 17.7 Å². The summed E-state index contributed by atoms with van der Waals surface area (Å²) in [4.78, 5) is 22.5. The normalized spacial score (nSPS) is 10.9. The van der Waals surface area contributed by atoms with Gasteiger partial charge in [-0.05, 0) is 18.6 Å². The van der Waals surface area contributed by atoms with Crippen LogP contribution in [0.25, 0.3) is 0 Å². The van der Waals surface area contributed by atoms with Crippen molar-refractivity contribution in [1.82, 2.24) is 4.57 Å². The Labute approximate surface area is 123 Å². The first kappa shape index (κ1) is 15.0. The van der Waals surface area contributed by atoms with Gasteiger partial charge < -0.3 is 4.57 Å². The third-order valence-corrected chi connectivity index (χ3v) is 3.53. The van der Waals surface area contributed by atoms with E-state index in [0.717, 1.165) is 5.56 Å². The number of rotatable bonds is 5. The number of aromatic nitrogens is 1. The summed E-state index contributed by atoms with van der Waals surface area (Å²) >= 11 is 0. The van der Waals surface area contributed by atoms with E-state index >= 15 is 0 Å². The quantitative estimate of drug-likeness (QED) is 0.479. The molecule has 0 fully saturated rings. The van der Waals surface area contributed by atoms with E-state index in [1.165, 1.54) is 6.07 Å². The van der Waals surface area contributed by atoms with Crippen molar-refractivity contribution in [2.24, 2.45) is 5.92 Å². The Hall–Kier alpha value is -2.43. The second-order valence-electron chi connectivity index (χ2n) is 5.41. The SMILES string of the molecule is Cc1c(Cn2ccc(C(=O)C(C)C)c2)cccc1[N+](=O)[O-]. The Morgan fingerprint density at radius 1 is 1.33 bits per heavy atom. The van der Waals surface area contributed by atoms with E-state index in [-0.39, 0.29) is 22.3 Å². The number of hydrogen-bond acceptors (Lipinski definition) is 3. The molecule has 0 saturated carbocycles. The molecule has 1 aromatic carbocycles. The van der Waals surface area contributed by atoms with Crippen LogP contribution in [-0.4, -0.2) is 15.3 Å². The Morgan fingerprint density at radius 3 is 2.67 bits per heavy atom. The number of carbonyl (C=O) groups is 1. The summed E-state index contributed by atoms with van der Waals surface area (Å²) in [6.07, 6.45) is 3.62. The number of carbonyl (C=O) groups excluding carboxylic acids is 1. The Balaban J connectivity index is 2.25. The molecule has 2 aromatic rings. The smallest absolute Gasteiger partial charge is 0.272 e. The average molecular weight is 286 g/mol. The molecule has 0 aliphatic rings. The van der Waals surface area contributed by atoms with Crippen LogP contribution < -0.4 is 0 Å². The largest absolute Gasteiger partial charge is 0.349 e. The molecule has 0 radical (unpaired) electrons. The van der Waals surface area contributed by atoms with Crippen molar-refractivity contribution in [3.63, 3.8) is 0 Å². The average Bonchev–Trinajstić information content (AvgIpc) is 2.88. The summed E-state index contributed by atoms with van der Waals surface area (Å²) in [6, 6.07) is 6.84. The molecule has 2 rings (SSSR count). The van der Waals surface area contributed by atoms with Crippen LogP contribution in [0.5, 0.6) is 0 Å². The molecule has 0 unspecified atom stereocenters. The Morgan fingerprint density at radius 2 is 2.05 bits per heavy atom. The van der Waals surface area contributed by atoms with Crippen molar-refractivity contribution in [2.45, 2.75) is 27.3 Å². The van der Waals surface area contributed by atoms with Gasteiger partial charge in [-0.25, -0.2) is 0 Å². The second-order valence-corrected chi connectivity index (χ2v) is 5.41. The first-order valence-corrected chi connectivity index (χ1v) is 6.83. The third kappa shape index (κ3) is 3.18. The molecule has 21 heavy (non-hydrogen) atoms. The predicted octanol–water partition coefficient (Wildman–Crippen LogP) is 3.59. The highest BCUT2D eigenvalue weighted by Gasteiger charge is 2.15. The molecule has 1 heterocycles. The molecule has 0 spiro atoms. The van der Waals surface area contributed by atoms with Gasteiger partial charge in [0.25, 0.3) is 5.69 Å². The van der Waals surface area contributed by atoms with Crippen LogP contribution in [0.2, 0.25) is 0 Å². The van der Waals surface area contributed by atoms with Crippen LogP contribution in [0.1, 0.15) is 35.3 Å². The first-order valence-electron chi connectivity index (χ1n) is 6.83. The van der Waals surface area contributed by atoms with Gasteiger partial charge in [-0.2, -0.15) is 0 Å². The van der Waals surface area contributed by atoms with Gasteiger partial charge in [0.2, 0.25) is 0 Å². The fourth-order valence-electron chi connectivity index (χ4n) is 2.25. The molecule has 0 saturated heterocycles. The molecule has 110 valence electrons. The van der Waals surface area contributed by atoms with Gasteiger partial charge in [0.1, 0.15) is 0 Å². The van der Waals surface area contributed by atoms with E-state index < -0.39 is 0 Å². The van der Waals surface area contributed by atoms with E-state index in [9.17, 15) is 14.9 Å². The topological polar surface area (TPSA) is 65.1 Å². The molecular formula is C16H18N2O3. The summed E-state index contributed by atoms with van der Waals surface area (Å²) in [5.41, 5.74) is 2.34. The molecule has 0 atom stereocenters. The van der Waals surface area contributed by atoms with Crippen molar-refractivity contribution in [3.8, 4) is 0 Å². The van der Waals surface area contributed by atoms with Gasteiger partial charge in [-0.1, -0.05) is 26.0 Å². The van der Waals surface area contributed by atoms with Gasteiger partial charge in [0.15, 0.2) is 5.78 Å². The van der Waals surface area contributed by atoms with Crippen molar-refractivity contribution in [2.75, 3.05) is 0 Å². The van der Waals surface area contributed by atoms with Gasteiger partial charge in [0.05, 0.1) is 4.92 Å². The minimum absolute atomic E-state index is 0.0413. The zero-order valence-electron chi connectivity index (χ0n) is 12.4.